The number of alkyl halides is 3. The molecular formula is C16H22ClF3N2O2. The number of halogens is 4. The van der Waals surface area contributed by atoms with Crippen molar-refractivity contribution in [1.29, 1.82) is 0 Å². The van der Waals surface area contributed by atoms with E-state index in [9.17, 15) is 18.0 Å². The first-order chi connectivity index (χ1) is 10.9. The van der Waals surface area contributed by atoms with Crippen LogP contribution in [0, 0.1) is 5.92 Å². The second-order valence-electron chi connectivity index (χ2n) is 5.74. The number of para-hydroxylation sites is 1. The summed E-state index contributed by atoms with van der Waals surface area (Å²) in [6, 6.07) is 4.71. The van der Waals surface area contributed by atoms with Crippen molar-refractivity contribution in [2.45, 2.75) is 32.0 Å². The number of rotatable bonds is 5. The van der Waals surface area contributed by atoms with Gasteiger partial charge in [0, 0.05) is 5.92 Å². The second kappa shape index (κ2) is 9.13. The minimum Gasteiger partial charge on any atom is -0.491 e. The normalized spacial score (nSPS) is 16.8. The molecule has 0 saturated carbocycles. The molecule has 1 aliphatic heterocycles. The summed E-state index contributed by atoms with van der Waals surface area (Å²) in [5.41, 5.74) is -0.808. The molecule has 1 heterocycles. The lowest BCUT2D eigenvalue weighted by molar-refractivity contribution is -0.139. The molecule has 136 valence electrons. The summed E-state index contributed by atoms with van der Waals surface area (Å²) in [5.74, 6) is -0.323. The molecule has 24 heavy (non-hydrogen) atoms. The Morgan fingerprint density at radius 2 is 1.96 bits per heavy atom. The van der Waals surface area contributed by atoms with Crippen LogP contribution in [0.3, 0.4) is 0 Å². The summed E-state index contributed by atoms with van der Waals surface area (Å²) in [7, 11) is 0. The number of carbonyl (C=O) groups excluding carboxylic acids is 1. The molecule has 2 rings (SSSR count). The largest absolute Gasteiger partial charge is 0.491 e. The molecule has 0 radical (unpaired) electrons. The van der Waals surface area contributed by atoms with E-state index >= 15 is 0 Å². The third-order valence-electron chi connectivity index (χ3n) is 3.78. The van der Waals surface area contributed by atoms with Crippen LogP contribution >= 0.6 is 12.4 Å². The van der Waals surface area contributed by atoms with Crippen LogP contribution in [-0.4, -0.2) is 31.6 Å². The molecular weight excluding hydrogens is 345 g/mol. The molecule has 1 aromatic carbocycles. The highest BCUT2D eigenvalue weighted by Crippen LogP contribution is 2.35. The molecule has 1 aliphatic rings. The monoisotopic (exact) mass is 366 g/mol. The van der Waals surface area contributed by atoms with Gasteiger partial charge in [0.15, 0.2) is 0 Å². The molecule has 1 saturated heterocycles. The highest BCUT2D eigenvalue weighted by molar-refractivity contribution is 5.85. The van der Waals surface area contributed by atoms with Gasteiger partial charge in [-0.15, -0.1) is 12.4 Å². The van der Waals surface area contributed by atoms with E-state index in [0.29, 0.717) is 0 Å². The highest BCUT2D eigenvalue weighted by Gasteiger charge is 2.34. The van der Waals surface area contributed by atoms with Crippen molar-refractivity contribution in [2.75, 3.05) is 19.7 Å². The first-order valence-corrected chi connectivity index (χ1v) is 7.68. The van der Waals surface area contributed by atoms with E-state index in [2.05, 4.69) is 10.6 Å². The van der Waals surface area contributed by atoms with Gasteiger partial charge in [-0.05, 0) is 45.0 Å². The lowest BCUT2D eigenvalue weighted by Crippen LogP contribution is -2.43. The van der Waals surface area contributed by atoms with Crippen molar-refractivity contribution in [1.82, 2.24) is 10.6 Å². The van der Waals surface area contributed by atoms with E-state index in [1.165, 1.54) is 18.2 Å². The van der Waals surface area contributed by atoms with Crippen LogP contribution in [0.5, 0.6) is 5.75 Å². The van der Waals surface area contributed by atoms with Crippen LogP contribution in [0.2, 0.25) is 0 Å². The van der Waals surface area contributed by atoms with Gasteiger partial charge in [0.25, 0.3) is 0 Å². The van der Waals surface area contributed by atoms with Crippen LogP contribution in [0.4, 0.5) is 13.2 Å². The molecule has 4 nitrogen and oxygen atoms in total. The number of benzene rings is 1. The number of piperidine rings is 1. The zero-order chi connectivity index (χ0) is 16.9. The molecule has 0 aromatic heterocycles. The maximum absolute atomic E-state index is 12.9. The Labute approximate surface area is 145 Å². The molecule has 1 atom stereocenters. The van der Waals surface area contributed by atoms with Crippen molar-refractivity contribution < 1.29 is 22.7 Å². The third kappa shape index (κ3) is 5.87. The SMILES string of the molecule is CC(COc1ccccc1C(F)(F)F)NC(=O)C1CCNCC1.Cl. The third-order valence-corrected chi connectivity index (χ3v) is 3.78. The Bertz CT molecular complexity index is 534. The van der Waals surface area contributed by atoms with E-state index in [-0.39, 0.29) is 42.6 Å². The fraction of sp³-hybridized carbons (Fsp3) is 0.562. The summed E-state index contributed by atoms with van der Waals surface area (Å²) in [5, 5.41) is 5.98. The van der Waals surface area contributed by atoms with Crippen LogP contribution in [0.25, 0.3) is 0 Å². The number of nitrogens with one attached hydrogen (secondary N) is 2. The average Bonchev–Trinajstić information content (AvgIpc) is 2.53. The summed E-state index contributed by atoms with van der Waals surface area (Å²) >= 11 is 0. The Kier molecular flexibility index (Phi) is 7.83. The predicted octanol–water partition coefficient (Wildman–Crippen LogP) is 3.01. The Hall–Kier alpha value is -1.47. The molecule has 1 amide bonds. The van der Waals surface area contributed by atoms with Gasteiger partial charge >= 0.3 is 6.18 Å². The van der Waals surface area contributed by atoms with Crippen molar-refractivity contribution in [2.24, 2.45) is 5.92 Å². The van der Waals surface area contributed by atoms with Gasteiger partial charge in [0.1, 0.15) is 12.4 Å². The smallest absolute Gasteiger partial charge is 0.419 e. The molecule has 1 unspecified atom stereocenters. The van der Waals surface area contributed by atoms with Crippen molar-refractivity contribution in [3.8, 4) is 5.75 Å². The summed E-state index contributed by atoms with van der Waals surface area (Å²) in [6.45, 7) is 3.32. The maximum atomic E-state index is 12.9. The molecule has 0 aliphatic carbocycles. The maximum Gasteiger partial charge on any atom is 0.419 e. The lowest BCUT2D eigenvalue weighted by Gasteiger charge is -2.24. The molecule has 8 heteroatoms. The summed E-state index contributed by atoms with van der Waals surface area (Å²) in [4.78, 5) is 12.1. The van der Waals surface area contributed by atoms with Gasteiger partial charge in [0.2, 0.25) is 5.91 Å². The number of hydrogen-bond donors (Lipinski definition) is 2. The first kappa shape index (κ1) is 20.6. The highest BCUT2D eigenvalue weighted by atomic mass is 35.5. The molecule has 0 bridgehead atoms. The minimum atomic E-state index is -4.46. The van der Waals surface area contributed by atoms with Gasteiger partial charge in [-0.3, -0.25) is 4.79 Å². The fourth-order valence-corrected chi connectivity index (χ4v) is 2.53. The van der Waals surface area contributed by atoms with E-state index in [4.69, 9.17) is 4.74 Å². The van der Waals surface area contributed by atoms with E-state index in [1.54, 1.807) is 6.92 Å². The zero-order valence-corrected chi connectivity index (χ0v) is 14.2. The second-order valence-corrected chi connectivity index (χ2v) is 5.74. The Balaban J connectivity index is 0.00000288. The van der Waals surface area contributed by atoms with E-state index in [0.717, 1.165) is 32.0 Å². The Morgan fingerprint density at radius 1 is 1.33 bits per heavy atom. The lowest BCUT2D eigenvalue weighted by atomic mass is 9.97. The van der Waals surface area contributed by atoms with Crippen molar-refractivity contribution >= 4 is 18.3 Å². The van der Waals surface area contributed by atoms with Crippen LogP contribution in [-0.2, 0) is 11.0 Å². The number of carbonyl (C=O) groups is 1. The number of ether oxygens (including phenoxy) is 1. The van der Waals surface area contributed by atoms with Gasteiger partial charge in [-0.25, -0.2) is 0 Å². The van der Waals surface area contributed by atoms with Gasteiger partial charge < -0.3 is 15.4 Å². The van der Waals surface area contributed by atoms with Crippen LogP contribution in [0.15, 0.2) is 24.3 Å². The van der Waals surface area contributed by atoms with E-state index < -0.39 is 11.7 Å². The van der Waals surface area contributed by atoms with E-state index in [1.807, 2.05) is 0 Å². The van der Waals surface area contributed by atoms with Crippen molar-refractivity contribution in [3.05, 3.63) is 29.8 Å². The zero-order valence-electron chi connectivity index (χ0n) is 13.4. The Morgan fingerprint density at radius 3 is 2.58 bits per heavy atom. The van der Waals surface area contributed by atoms with Crippen LogP contribution in [0.1, 0.15) is 25.3 Å². The fourth-order valence-electron chi connectivity index (χ4n) is 2.53. The van der Waals surface area contributed by atoms with Crippen LogP contribution < -0.4 is 15.4 Å². The molecule has 1 aromatic rings. The van der Waals surface area contributed by atoms with Gasteiger partial charge in [0.05, 0.1) is 11.6 Å². The van der Waals surface area contributed by atoms with Crippen molar-refractivity contribution in [3.63, 3.8) is 0 Å². The van der Waals surface area contributed by atoms with Gasteiger partial charge in [-0.1, -0.05) is 12.1 Å². The first-order valence-electron chi connectivity index (χ1n) is 7.68. The standard InChI is InChI=1S/C16H21F3N2O2.ClH/c1-11(21-15(22)12-6-8-20-9-7-12)10-23-14-5-3-2-4-13(14)16(17,18)19;/h2-5,11-12,20H,6-10H2,1H3,(H,21,22);1H. The quantitative estimate of drug-likeness (QED) is 0.842. The minimum absolute atomic E-state index is 0. The number of hydrogen-bond acceptors (Lipinski definition) is 3. The average molecular weight is 367 g/mol. The molecule has 1 fully saturated rings. The predicted molar refractivity (Wildman–Crippen MR) is 87.4 cm³/mol. The number of amides is 1. The topological polar surface area (TPSA) is 50.4 Å². The molecule has 0 spiro atoms. The summed E-state index contributed by atoms with van der Waals surface area (Å²) < 4.78 is 43.9. The van der Waals surface area contributed by atoms with Gasteiger partial charge in [-0.2, -0.15) is 13.2 Å². The summed E-state index contributed by atoms with van der Waals surface area (Å²) in [6.07, 6.45) is -2.91. The molecule has 2 N–H and O–H groups in total.